The minimum Gasteiger partial charge on any atom is -0.497 e. The lowest BCUT2D eigenvalue weighted by Crippen LogP contribution is -2.28. The summed E-state index contributed by atoms with van der Waals surface area (Å²) in [6.45, 7) is 4.58. The number of anilines is 1. The summed E-state index contributed by atoms with van der Waals surface area (Å²) in [6.07, 6.45) is 5.18. The number of ether oxygens (including phenoxy) is 3. The van der Waals surface area contributed by atoms with Crippen LogP contribution in [-0.4, -0.2) is 77.0 Å². The fraction of sp³-hybridized carbons (Fsp3) is 0.464. The highest BCUT2D eigenvalue weighted by Crippen LogP contribution is 2.35. The van der Waals surface area contributed by atoms with Crippen molar-refractivity contribution in [3.05, 3.63) is 59.3 Å². The molecule has 0 spiro atoms. The molecule has 192 valence electrons. The first-order valence-electron chi connectivity index (χ1n) is 12.5. The molecule has 0 radical (unpaired) electrons. The van der Waals surface area contributed by atoms with E-state index in [1.54, 1.807) is 21.3 Å². The number of hydrogen-bond acceptors (Lipinski definition) is 8. The number of methoxy groups -OCH3 is 2. The minimum atomic E-state index is -0.476. The predicted molar refractivity (Wildman–Crippen MR) is 142 cm³/mol. The van der Waals surface area contributed by atoms with Crippen molar-refractivity contribution < 1.29 is 19.3 Å². The number of hydrogen-bond donors (Lipinski definition) is 3. The smallest absolute Gasteiger partial charge is 0.170 e. The number of fused-ring (bicyclic) bond motifs is 1. The first kappa shape index (κ1) is 26.0. The van der Waals surface area contributed by atoms with Crippen LogP contribution in [-0.2, 0) is 9.47 Å². The zero-order chi connectivity index (χ0) is 25.3. The van der Waals surface area contributed by atoms with E-state index in [1.807, 2.05) is 24.3 Å². The van der Waals surface area contributed by atoms with Gasteiger partial charge in [0, 0.05) is 50.4 Å². The van der Waals surface area contributed by atoms with E-state index in [4.69, 9.17) is 19.2 Å². The second-order valence-corrected chi connectivity index (χ2v) is 9.00. The maximum absolute atomic E-state index is 10.0. The third kappa shape index (κ3) is 6.56. The summed E-state index contributed by atoms with van der Waals surface area (Å²) in [5.41, 5.74) is 10.0. The van der Waals surface area contributed by atoms with E-state index in [0.29, 0.717) is 24.9 Å². The molecule has 2 unspecified atom stereocenters. The van der Waals surface area contributed by atoms with E-state index in [1.165, 1.54) is 0 Å². The summed E-state index contributed by atoms with van der Waals surface area (Å²) < 4.78 is 16.3. The zero-order valence-electron chi connectivity index (χ0n) is 21.3. The summed E-state index contributed by atoms with van der Waals surface area (Å²) in [6, 6.07) is 8.15. The Labute approximate surface area is 212 Å². The highest BCUT2D eigenvalue weighted by atomic mass is 16.5. The van der Waals surface area contributed by atoms with Crippen LogP contribution in [0.1, 0.15) is 18.5 Å². The van der Waals surface area contributed by atoms with E-state index in [0.717, 1.165) is 72.6 Å². The van der Waals surface area contributed by atoms with Gasteiger partial charge >= 0.3 is 0 Å². The van der Waals surface area contributed by atoms with Crippen molar-refractivity contribution in [1.82, 2.24) is 15.6 Å². The summed E-state index contributed by atoms with van der Waals surface area (Å²) in [4.78, 5) is 7.32. The normalized spacial score (nSPS) is 17.9. The molecule has 2 aromatic rings. The number of aromatic nitrogens is 1. The van der Waals surface area contributed by atoms with Crippen molar-refractivity contribution in [3.8, 4) is 5.75 Å². The van der Waals surface area contributed by atoms with Gasteiger partial charge in [-0.3, -0.25) is 5.32 Å². The Kier molecular flexibility index (Phi) is 9.20. The largest absolute Gasteiger partial charge is 0.497 e. The molecule has 1 aliphatic heterocycles. The van der Waals surface area contributed by atoms with Gasteiger partial charge in [0.2, 0.25) is 0 Å². The molecule has 8 nitrogen and oxygen atoms in total. The van der Waals surface area contributed by atoms with Gasteiger partial charge in [0.15, 0.2) is 5.76 Å². The number of nitrogens with zero attached hydrogens (tertiary/aromatic N) is 2. The summed E-state index contributed by atoms with van der Waals surface area (Å²) in [7, 11) is 5.14. The van der Waals surface area contributed by atoms with Crippen LogP contribution < -0.4 is 20.3 Å². The number of aliphatic hydroxyl groups excluding tert-OH is 1. The lowest BCUT2D eigenvalue weighted by atomic mass is 10.0. The van der Waals surface area contributed by atoms with E-state index >= 15 is 0 Å². The van der Waals surface area contributed by atoms with Gasteiger partial charge in [-0.15, -0.1) is 0 Å². The van der Waals surface area contributed by atoms with Crippen LogP contribution in [0.15, 0.2) is 53.6 Å². The highest BCUT2D eigenvalue weighted by Gasteiger charge is 2.26. The standard InChI is InChI=1S/C28H36N4O4/c1-29-28(33)16-20-10-13-32(19-20)27-18-25(31-26-17-23(35-3)8-9-24(26)27)21-4-6-22(7-5-21)36-15-12-30-11-14-34-2/h4,6,8-9,17-18,20,28-30,33H,10-16,19H2,1-3H3. The number of rotatable bonds is 13. The molecule has 2 atom stereocenters. The summed E-state index contributed by atoms with van der Waals surface area (Å²) in [5.74, 6) is 1.85. The molecule has 1 saturated heterocycles. The molecule has 1 fully saturated rings. The maximum Gasteiger partial charge on any atom is 0.170 e. The van der Waals surface area contributed by atoms with Gasteiger partial charge < -0.3 is 29.5 Å². The highest BCUT2D eigenvalue weighted by molar-refractivity contribution is 5.95. The lowest BCUT2D eigenvalue weighted by Gasteiger charge is -2.22. The Morgan fingerprint density at radius 1 is 1.17 bits per heavy atom. The average Bonchev–Trinajstić information content (AvgIpc) is 3.38. The van der Waals surface area contributed by atoms with Crippen molar-refractivity contribution in [2.75, 3.05) is 65.6 Å². The first-order chi connectivity index (χ1) is 17.6. The topological polar surface area (TPSA) is 88.1 Å². The average molecular weight is 493 g/mol. The Morgan fingerprint density at radius 2 is 2.03 bits per heavy atom. The van der Waals surface area contributed by atoms with Gasteiger partial charge in [0.05, 0.1) is 30.5 Å². The minimum absolute atomic E-state index is 0.428. The van der Waals surface area contributed by atoms with Crippen molar-refractivity contribution in [2.45, 2.75) is 19.1 Å². The molecule has 0 bridgehead atoms. The van der Waals surface area contributed by atoms with E-state index in [9.17, 15) is 5.11 Å². The fourth-order valence-corrected chi connectivity index (χ4v) is 4.53. The van der Waals surface area contributed by atoms with Crippen molar-refractivity contribution >= 4 is 22.2 Å². The fourth-order valence-electron chi connectivity index (χ4n) is 4.53. The number of pyridine rings is 1. The number of aliphatic hydroxyl groups is 1. The third-order valence-electron chi connectivity index (χ3n) is 6.53. The van der Waals surface area contributed by atoms with Crippen LogP contribution >= 0.6 is 0 Å². The van der Waals surface area contributed by atoms with Crippen LogP contribution in [0.25, 0.3) is 16.5 Å². The second-order valence-electron chi connectivity index (χ2n) is 9.00. The van der Waals surface area contributed by atoms with Gasteiger partial charge in [-0.2, -0.15) is 0 Å². The maximum atomic E-state index is 10.0. The molecule has 36 heavy (non-hydrogen) atoms. The van der Waals surface area contributed by atoms with Gasteiger partial charge in [-0.25, -0.2) is 4.98 Å². The van der Waals surface area contributed by atoms with E-state index in [2.05, 4.69) is 39.1 Å². The van der Waals surface area contributed by atoms with E-state index < -0.39 is 6.23 Å². The molecule has 1 aliphatic carbocycles. The van der Waals surface area contributed by atoms with Crippen LogP contribution in [0.2, 0.25) is 0 Å². The molecule has 1 aromatic heterocycles. The molecule has 1 aromatic carbocycles. The lowest BCUT2D eigenvalue weighted by molar-refractivity contribution is 0.120. The molecule has 8 heteroatoms. The predicted octanol–water partition coefficient (Wildman–Crippen LogP) is 2.84. The van der Waals surface area contributed by atoms with Crippen molar-refractivity contribution in [1.29, 1.82) is 0 Å². The van der Waals surface area contributed by atoms with Gasteiger partial charge in [-0.1, -0.05) is 5.73 Å². The summed E-state index contributed by atoms with van der Waals surface area (Å²) >= 11 is 0. The van der Waals surface area contributed by atoms with Gasteiger partial charge in [0.25, 0.3) is 0 Å². The Hall–Kier alpha value is -3.09. The molecular formula is C28H36N4O4. The Morgan fingerprint density at radius 3 is 2.78 bits per heavy atom. The van der Waals surface area contributed by atoms with Crippen LogP contribution in [0, 0.1) is 5.92 Å². The van der Waals surface area contributed by atoms with Crippen molar-refractivity contribution in [2.24, 2.45) is 5.92 Å². The molecule has 3 N–H and O–H groups in total. The first-order valence-corrected chi connectivity index (χ1v) is 12.5. The zero-order valence-corrected chi connectivity index (χ0v) is 21.3. The van der Waals surface area contributed by atoms with Crippen LogP contribution in [0.3, 0.4) is 0 Å². The molecule has 4 rings (SSSR count). The van der Waals surface area contributed by atoms with Crippen LogP contribution in [0.5, 0.6) is 5.75 Å². The Balaban J connectivity index is 1.58. The molecule has 2 heterocycles. The Bertz CT molecular complexity index is 1180. The molecule has 0 saturated carbocycles. The number of allylic oxidation sites excluding steroid dienone is 3. The molecule has 2 aliphatic rings. The SMILES string of the molecule is CNC(O)CC1CCN(c2cc(C3=C=C=C(OCCNCCOC)C=C3)nc3cc(OC)ccc23)C1. The van der Waals surface area contributed by atoms with Gasteiger partial charge in [-0.05, 0) is 61.9 Å². The van der Waals surface area contributed by atoms with E-state index in [-0.39, 0.29) is 0 Å². The molecule has 0 amide bonds. The quantitative estimate of drug-likeness (QED) is 0.224. The van der Waals surface area contributed by atoms with Gasteiger partial charge in [0.1, 0.15) is 18.6 Å². The number of benzene rings is 1. The third-order valence-corrected chi connectivity index (χ3v) is 6.53. The van der Waals surface area contributed by atoms with Crippen LogP contribution in [0.4, 0.5) is 5.69 Å². The second kappa shape index (κ2) is 12.7. The summed E-state index contributed by atoms with van der Waals surface area (Å²) in [5, 5.41) is 17.3. The number of nitrogens with one attached hydrogen (secondary N) is 2. The van der Waals surface area contributed by atoms with Crippen molar-refractivity contribution in [3.63, 3.8) is 0 Å². The monoisotopic (exact) mass is 492 g/mol. The molecular weight excluding hydrogens is 456 g/mol.